The fourth-order valence-electron chi connectivity index (χ4n) is 2.72. The van der Waals surface area contributed by atoms with Gasteiger partial charge in [0, 0.05) is 22.1 Å². The van der Waals surface area contributed by atoms with E-state index in [1.807, 2.05) is 35.7 Å². The zero-order chi connectivity index (χ0) is 19.5. The first kappa shape index (κ1) is 17.9. The molecule has 2 aromatic heterocycles. The van der Waals surface area contributed by atoms with Gasteiger partial charge in [0.1, 0.15) is 5.76 Å². The summed E-state index contributed by atoms with van der Waals surface area (Å²) in [4.78, 5) is 28.3. The van der Waals surface area contributed by atoms with Crippen LogP contribution in [0, 0.1) is 0 Å². The van der Waals surface area contributed by atoms with Gasteiger partial charge in [-0.3, -0.25) is 14.9 Å². The van der Waals surface area contributed by atoms with Gasteiger partial charge in [-0.25, -0.2) is 4.98 Å². The molecule has 0 spiro atoms. The first-order valence-electron chi connectivity index (χ1n) is 8.63. The summed E-state index contributed by atoms with van der Waals surface area (Å²) in [5.74, 6) is 0.399. The van der Waals surface area contributed by atoms with Crippen LogP contribution < -0.4 is 5.32 Å². The molecule has 6 heteroatoms. The summed E-state index contributed by atoms with van der Waals surface area (Å²) in [6, 6.07) is 20.2. The predicted molar refractivity (Wildman–Crippen MR) is 110 cm³/mol. The van der Waals surface area contributed by atoms with Crippen molar-refractivity contribution >= 4 is 28.2 Å². The van der Waals surface area contributed by atoms with Crippen LogP contribution in [0.4, 0.5) is 5.13 Å². The Labute approximate surface area is 165 Å². The molecule has 0 atom stereocenters. The van der Waals surface area contributed by atoms with E-state index in [2.05, 4.69) is 10.3 Å². The zero-order valence-corrected chi connectivity index (χ0v) is 15.8. The van der Waals surface area contributed by atoms with E-state index < -0.39 is 0 Å². The maximum absolute atomic E-state index is 12.5. The maximum Gasteiger partial charge on any atom is 0.293 e. The first-order chi connectivity index (χ1) is 13.6. The fourth-order valence-corrected chi connectivity index (χ4v) is 3.43. The molecule has 0 saturated carbocycles. The zero-order valence-electron chi connectivity index (χ0n) is 15.0. The summed E-state index contributed by atoms with van der Waals surface area (Å²) in [7, 11) is 0. The number of nitrogens with zero attached hydrogens (tertiary/aromatic N) is 1. The Balaban J connectivity index is 1.48. The van der Waals surface area contributed by atoms with Gasteiger partial charge in [-0.1, -0.05) is 54.6 Å². The molecule has 2 aromatic carbocycles. The number of ketones is 1. The van der Waals surface area contributed by atoms with Crippen LogP contribution in [0.25, 0.3) is 22.6 Å². The minimum Gasteiger partial charge on any atom is -0.451 e. The highest BCUT2D eigenvalue weighted by Crippen LogP contribution is 2.26. The van der Waals surface area contributed by atoms with E-state index in [1.165, 1.54) is 18.3 Å². The number of carbonyl (C=O) groups excluding carboxylic acids is 2. The number of hydrogen-bond donors (Lipinski definition) is 1. The highest BCUT2D eigenvalue weighted by Gasteiger charge is 2.15. The quantitative estimate of drug-likeness (QED) is 0.457. The topological polar surface area (TPSA) is 72.2 Å². The number of anilines is 1. The van der Waals surface area contributed by atoms with Crippen LogP contribution in [0.1, 0.15) is 27.8 Å². The molecular formula is C22H16N2O3S. The van der Waals surface area contributed by atoms with Gasteiger partial charge in [0.05, 0.1) is 5.69 Å². The number of hydrogen-bond acceptors (Lipinski definition) is 5. The Bertz CT molecular complexity index is 1130. The number of rotatable bonds is 5. The van der Waals surface area contributed by atoms with Gasteiger partial charge in [-0.05, 0) is 19.1 Å². The van der Waals surface area contributed by atoms with Crippen LogP contribution in [-0.2, 0) is 0 Å². The number of aromatic nitrogens is 1. The highest BCUT2D eigenvalue weighted by atomic mass is 32.1. The van der Waals surface area contributed by atoms with Crippen molar-refractivity contribution in [1.82, 2.24) is 4.98 Å². The van der Waals surface area contributed by atoms with E-state index in [1.54, 1.807) is 36.4 Å². The molecule has 0 bridgehead atoms. The summed E-state index contributed by atoms with van der Waals surface area (Å²) >= 11 is 1.36. The summed E-state index contributed by atoms with van der Waals surface area (Å²) in [5.41, 5.74) is 3.23. The van der Waals surface area contributed by atoms with E-state index in [4.69, 9.17) is 4.42 Å². The van der Waals surface area contributed by atoms with Gasteiger partial charge in [0.25, 0.3) is 5.91 Å². The van der Waals surface area contributed by atoms with Crippen molar-refractivity contribution < 1.29 is 14.0 Å². The molecule has 28 heavy (non-hydrogen) atoms. The molecule has 0 aliphatic rings. The molecule has 0 saturated heterocycles. The lowest BCUT2D eigenvalue weighted by atomic mass is 10.1. The lowest BCUT2D eigenvalue weighted by Gasteiger charge is -2.00. The fraction of sp³-hybridized carbons (Fsp3) is 0.0455. The summed E-state index contributed by atoms with van der Waals surface area (Å²) < 4.78 is 5.68. The van der Waals surface area contributed by atoms with Crippen molar-refractivity contribution in [1.29, 1.82) is 0 Å². The SMILES string of the molecule is CC(=O)c1ccc(-c2ccc(C(=O)Nc3nc(-c4ccccc4)cs3)o2)cc1. The number of nitrogens with one attached hydrogen (secondary N) is 1. The average molecular weight is 388 g/mol. The third kappa shape index (κ3) is 3.77. The van der Waals surface area contributed by atoms with E-state index in [0.717, 1.165) is 16.8 Å². The molecule has 1 amide bonds. The number of furan rings is 1. The molecule has 0 fully saturated rings. The molecule has 4 aromatic rings. The van der Waals surface area contributed by atoms with E-state index in [0.29, 0.717) is 16.5 Å². The second kappa shape index (κ2) is 7.62. The predicted octanol–water partition coefficient (Wildman–Crippen LogP) is 5.53. The van der Waals surface area contributed by atoms with E-state index >= 15 is 0 Å². The summed E-state index contributed by atoms with van der Waals surface area (Å²) in [6.07, 6.45) is 0. The minimum atomic E-state index is -0.361. The second-order valence-electron chi connectivity index (χ2n) is 6.16. The van der Waals surface area contributed by atoms with Gasteiger partial charge >= 0.3 is 0 Å². The Morgan fingerprint density at radius 3 is 2.39 bits per heavy atom. The lowest BCUT2D eigenvalue weighted by molar-refractivity contribution is 0.0994. The van der Waals surface area contributed by atoms with Gasteiger partial charge in [0.15, 0.2) is 16.7 Å². The smallest absolute Gasteiger partial charge is 0.293 e. The Morgan fingerprint density at radius 2 is 1.68 bits per heavy atom. The number of benzene rings is 2. The number of Topliss-reactive ketones (excluding diaryl/α,β-unsaturated/α-hetero) is 1. The normalized spacial score (nSPS) is 10.6. The molecular weight excluding hydrogens is 372 g/mol. The first-order valence-corrected chi connectivity index (χ1v) is 9.51. The molecule has 1 N–H and O–H groups in total. The van der Waals surface area contributed by atoms with Crippen molar-refractivity contribution in [3.8, 4) is 22.6 Å². The molecule has 0 radical (unpaired) electrons. The van der Waals surface area contributed by atoms with Crippen LogP contribution >= 0.6 is 11.3 Å². The van der Waals surface area contributed by atoms with Crippen molar-refractivity contribution in [2.24, 2.45) is 0 Å². The molecule has 138 valence electrons. The van der Waals surface area contributed by atoms with Crippen molar-refractivity contribution in [3.05, 3.63) is 83.4 Å². The van der Waals surface area contributed by atoms with Crippen LogP contribution in [0.3, 0.4) is 0 Å². The minimum absolute atomic E-state index is 0.00406. The van der Waals surface area contributed by atoms with Gasteiger partial charge < -0.3 is 4.42 Å². The lowest BCUT2D eigenvalue weighted by Crippen LogP contribution is -2.10. The van der Waals surface area contributed by atoms with Gasteiger partial charge in [0.2, 0.25) is 0 Å². The molecule has 5 nitrogen and oxygen atoms in total. The molecule has 0 aliphatic carbocycles. The van der Waals surface area contributed by atoms with Gasteiger partial charge in [-0.2, -0.15) is 0 Å². The average Bonchev–Trinajstić information content (AvgIpc) is 3.39. The van der Waals surface area contributed by atoms with Crippen molar-refractivity contribution in [3.63, 3.8) is 0 Å². The molecule has 0 aliphatic heterocycles. The number of thiazole rings is 1. The van der Waals surface area contributed by atoms with Crippen LogP contribution in [0.2, 0.25) is 0 Å². The van der Waals surface area contributed by atoms with Crippen LogP contribution in [0.15, 0.2) is 76.5 Å². The largest absolute Gasteiger partial charge is 0.451 e. The molecule has 0 unspecified atom stereocenters. The number of amides is 1. The maximum atomic E-state index is 12.5. The molecule has 4 rings (SSSR count). The van der Waals surface area contributed by atoms with Crippen LogP contribution in [-0.4, -0.2) is 16.7 Å². The standard InChI is InChI=1S/C22H16N2O3S/c1-14(25)15-7-9-17(10-8-15)19-11-12-20(27-19)21(26)24-22-23-18(13-28-22)16-5-3-2-4-6-16/h2-13H,1H3,(H,23,24,26). The van der Waals surface area contributed by atoms with Crippen molar-refractivity contribution in [2.75, 3.05) is 5.32 Å². The molecule has 2 heterocycles. The summed E-state index contributed by atoms with van der Waals surface area (Å²) in [6.45, 7) is 1.52. The Kier molecular flexibility index (Phi) is 4.87. The monoisotopic (exact) mass is 388 g/mol. The highest BCUT2D eigenvalue weighted by molar-refractivity contribution is 7.14. The van der Waals surface area contributed by atoms with Crippen LogP contribution in [0.5, 0.6) is 0 Å². The summed E-state index contributed by atoms with van der Waals surface area (Å²) in [5, 5.41) is 5.17. The third-order valence-electron chi connectivity index (χ3n) is 4.20. The van der Waals surface area contributed by atoms with Gasteiger partial charge in [-0.15, -0.1) is 11.3 Å². The number of carbonyl (C=O) groups is 2. The van der Waals surface area contributed by atoms with E-state index in [9.17, 15) is 9.59 Å². The van der Waals surface area contributed by atoms with E-state index in [-0.39, 0.29) is 17.5 Å². The van der Waals surface area contributed by atoms with Crippen molar-refractivity contribution in [2.45, 2.75) is 6.92 Å². The Hall–Kier alpha value is -3.51. The third-order valence-corrected chi connectivity index (χ3v) is 4.96. The second-order valence-corrected chi connectivity index (χ2v) is 7.01. The Morgan fingerprint density at radius 1 is 0.929 bits per heavy atom.